The third-order valence-corrected chi connectivity index (χ3v) is 2.74. The van der Waals surface area contributed by atoms with Gasteiger partial charge in [-0.2, -0.15) is 0 Å². The number of rotatable bonds is 2. The number of hydrogen-bond acceptors (Lipinski definition) is 4. The van der Waals surface area contributed by atoms with Gasteiger partial charge in [-0.3, -0.25) is 9.59 Å². The van der Waals surface area contributed by atoms with Crippen LogP contribution < -0.4 is 5.73 Å². The van der Waals surface area contributed by atoms with E-state index in [0.29, 0.717) is 0 Å². The number of nitrogens with zero attached hydrogens (tertiary/aromatic N) is 3. The van der Waals surface area contributed by atoms with Gasteiger partial charge < -0.3 is 10.6 Å². The van der Waals surface area contributed by atoms with Gasteiger partial charge in [0.25, 0.3) is 11.8 Å². The van der Waals surface area contributed by atoms with Crippen molar-refractivity contribution in [2.45, 2.75) is 19.3 Å². The van der Waals surface area contributed by atoms with Crippen LogP contribution in [-0.2, 0) is 0 Å². The minimum atomic E-state index is -0.724. The third kappa shape index (κ3) is 2.58. The van der Waals surface area contributed by atoms with E-state index in [1.54, 1.807) is 4.90 Å². The second-order valence-corrected chi connectivity index (χ2v) is 3.98. The second-order valence-electron chi connectivity index (χ2n) is 3.98. The van der Waals surface area contributed by atoms with Crippen molar-refractivity contribution in [3.05, 3.63) is 23.8 Å². The van der Waals surface area contributed by atoms with Crippen molar-refractivity contribution in [2.24, 2.45) is 5.73 Å². The van der Waals surface area contributed by atoms with E-state index in [1.165, 1.54) is 12.3 Å². The molecule has 0 aliphatic carbocycles. The Bertz CT molecular complexity index is 441. The molecule has 0 saturated carbocycles. The summed E-state index contributed by atoms with van der Waals surface area (Å²) in [4.78, 5) is 32.3. The molecule has 1 saturated heterocycles. The molecule has 0 atom stereocenters. The molecule has 0 aromatic carbocycles. The fraction of sp³-hybridized carbons (Fsp3) is 0.455. The van der Waals surface area contributed by atoms with Gasteiger partial charge in [0, 0.05) is 19.3 Å². The van der Waals surface area contributed by atoms with Crippen LogP contribution in [0.15, 0.2) is 12.3 Å². The number of carbonyl (C=O) groups excluding carboxylic acids is 2. The molecular weight excluding hydrogens is 220 g/mol. The summed E-state index contributed by atoms with van der Waals surface area (Å²) >= 11 is 0. The van der Waals surface area contributed by atoms with Crippen LogP contribution in [0.1, 0.15) is 40.4 Å². The lowest BCUT2D eigenvalue weighted by molar-refractivity contribution is 0.0718. The van der Waals surface area contributed by atoms with E-state index in [0.717, 1.165) is 32.4 Å². The lowest BCUT2D eigenvalue weighted by atomic mass is 10.1. The van der Waals surface area contributed by atoms with E-state index in [9.17, 15) is 9.59 Å². The molecule has 0 bridgehead atoms. The maximum absolute atomic E-state index is 12.1. The highest BCUT2D eigenvalue weighted by Gasteiger charge is 2.20. The van der Waals surface area contributed by atoms with Crippen molar-refractivity contribution in [1.29, 1.82) is 0 Å². The molecule has 6 heteroatoms. The second kappa shape index (κ2) is 4.90. The van der Waals surface area contributed by atoms with E-state index >= 15 is 0 Å². The van der Waals surface area contributed by atoms with Crippen LogP contribution in [-0.4, -0.2) is 39.8 Å². The van der Waals surface area contributed by atoms with E-state index in [-0.39, 0.29) is 17.4 Å². The Morgan fingerprint density at radius 2 is 1.94 bits per heavy atom. The zero-order valence-electron chi connectivity index (χ0n) is 9.43. The molecule has 2 N–H and O–H groups in total. The van der Waals surface area contributed by atoms with Gasteiger partial charge in [0.1, 0.15) is 5.69 Å². The minimum Gasteiger partial charge on any atom is -0.363 e. The molecule has 2 amide bonds. The molecule has 1 aliphatic rings. The lowest BCUT2D eigenvalue weighted by Crippen LogP contribution is -2.36. The molecule has 0 unspecified atom stereocenters. The highest BCUT2D eigenvalue weighted by atomic mass is 16.2. The topological polar surface area (TPSA) is 89.2 Å². The standard InChI is InChI=1S/C11H14N4O2/c12-9(16)10-13-5-4-8(14-10)11(17)15-6-2-1-3-7-15/h4-5H,1-3,6-7H2,(H2,12,16). The molecule has 2 rings (SSSR count). The van der Waals surface area contributed by atoms with Crippen LogP contribution in [0.3, 0.4) is 0 Å². The number of aromatic nitrogens is 2. The molecule has 1 aromatic heterocycles. The van der Waals surface area contributed by atoms with Gasteiger partial charge >= 0.3 is 0 Å². The van der Waals surface area contributed by atoms with Crippen LogP contribution in [0.4, 0.5) is 0 Å². The summed E-state index contributed by atoms with van der Waals surface area (Å²) in [6.45, 7) is 1.49. The largest absolute Gasteiger partial charge is 0.363 e. The number of nitrogens with two attached hydrogens (primary N) is 1. The maximum Gasteiger partial charge on any atom is 0.286 e. The Morgan fingerprint density at radius 1 is 1.24 bits per heavy atom. The number of carbonyl (C=O) groups is 2. The van der Waals surface area contributed by atoms with E-state index in [4.69, 9.17) is 5.73 Å². The first-order chi connectivity index (χ1) is 8.18. The quantitative estimate of drug-likeness (QED) is 0.791. The summed E-state index contributed by atoms with van der Waals surface area (Å²) < 4.78 is 0. The molecule has 17 heavy (non-hydrogen) atoms. The maximum atomic E-state index is 12.1. The zero-order valence-corrected chi connectivity index (χ0v) is 9.43. The third-order valence-electron chi connectivity index (χ3n) is 2.74. The fourth-order valence-corrected chi connectivity index (χ4v) is 1.86. The fourth-order valence-electron chi connectivity index (χ4n) is 1.86. The normalized spacial score (nSPS) is 15.6. The SMILES string of the molecule is NC(=O)c1nccc(C(=O)N2CCCCC2)n1. The Hall–Kier alpha value is -1.98. The first kappa shape index (κ1) is 11.5. The van der Waals surface area contributed by atoms with E-state index in [2.05, 4.69) is 9.97 Å². The van der Waals surface area contributed by atoms with Crippen LogP contribution in [0, 0.1) is 0 Å². The summed E-state index contributed by atoms with van der Waals surface area (Å²) in [7, 11) is 0. The number of piperidine rings is 1. The Balaban J connectivity index is 2.18. The zero-order chi connectivity index (χ0) is 12.3. The Kier molecular flexibility index (Phi) is 3.32. The Labute approximate surface area is 98.8 Å². The van der Waals surface area contributed by atoms with Crippen LogP contribution in [0.25, 0.3) is 0 Å². The molecule has 1 fully saturated rings. The van der Waals surface area contributed by atoms with Gasteiger partial charge in [-0.25, -0.2) is 9.97 Å². The highest BCUT2D eigenvalue weighted by molar-refractivity contribution is 5.94. The summed E-state index contributed by atoms with van der Waals surface area (Å²) in [6, 6.07) is 1.50. The van der Waals surface area contributed by atoms with Crippen LogP contribution in [0.5, 0.6) is 0 Å². The van der Waals surface area contributed by atoms with Gasteiger partial charge in [-0.15, -0.1) is 0 Å². The van der Waals surface area contributed by atoms with Crippen molar-refractivity contribution < 1.29 is 9.59 Å². The van der Waals surface area contributed by atoms with Crippen molar-refractivity contribution >= 4 is 11.8 Å². The number of likely N-dealkylation sites (tertiary alicyclic amines) is 1. The Morgan fingerprint density at radius 3 is 2.59 bits per heavy atom. The minimum absolute atomic E-state index is 0.118. The highest BCUT2D eigenvalue weighted by Crippen LogP contribution is 2.11. The molecular formula is C11H14N4O2. The molecule has 1 aromatic rings. The monoisotopic (exact) mass is 234 g/mol. The van der Waals surface area contributed by atoms with Gasteiger partial charge in [-0.1, -0.05) is 0 Å². The summed E-state index contributed by atoms with van der Waals surface area (Å²) in [6.07, 6.45) is 4.56. The molecule has 90 valence electrons. The van der Waals surface area contributed by atoms with Crippen LogP contribution >= 0.6 is 0 Å². The van der Waals surface area contributed by atoms with Crippen molar-refractivity contribution in [1.82, 2.24) is 14.9 Å². The van der Waals surface area contributed by atoms with Gasteiger partial charge in [0.15, 0.2) is 0 Å². The smallest absolute Gasteiger partial charge is 0.286 e. The predicted octanol–water partition coefficient (Wildman–Crippen LogP) is 0.202. The molecule has 2 heterocycles. The van der Waals surface area contributed by atoms with Crippen molar-refractivity contribution in [3.63, 3.8) is 0 Å². The average Bonchev–Trinajstić information content (AvgIpc) is 2.39. The van der Waals surface area contributed by atoms with E-state index < -0.39 is 5.91 Å². The van der Waals surface area contributed by atoms with Gasteiger partial charge in [0.05, 0.1) is 0 Å². The first-order valence-corrected chi connectivity index (χ1v) is 5.60. The average molecular weight is 234 g/mol. The first-order valence-electron chi connectivity index (χ1n) is 5.60. The molecule has 1 aliphatic heterocycles. The molecule has 0 radical (unpaired) electrons. The summed E-state index contributed by atoms with van der Waals surface area (Å²) in [5.74, 6) is -0.999. The van der Waals surface area contributed by atoms with Crippen molar-refractivity contribution in [3.8, 4) is 0 Å². The predicted molar refractivity (Wildman–Crippen MR) is 60.3 cm³/mol. The molecule has 6 nitrogen and oxygen atoms in total. The number of amides is 2. The summed E-state index contributed by atoms with van der Waals surface area (Å²) in [5, 5.41) is 0. The van der Waals surface area contributed by atoms with Crippen LogP contribution in [0.2, 0.25) is 0 Å². The number of hydrogen-bond donors (Lipinski definition) is 1. The molecule has 0 spiro atoms. The van der Waals surface area contributed by atoms with E-state index in [1.807, 2.05) is 0 Å². The lowest BCUT2D eigenvalue weighted by Gasteiger charge is -2.26. The number of primary amides is 1. The summed E-state index contributed by atoms with van der Waals surface area (Å²) in [5.41, 5.74) is 5.30. The van der Waals surface area contributed by atoms with Gasteiger partial charge in [-0.05, 0) is 25.3 Å². The van der Waals surface area contributed by atoms with Crippen molar-refractivity contribution in [2.75, 3.05) is 13.1 Å². The van der Waals surface area contributed by atoms with Gasteiger partial charge in [0.2, 0.25) is 5.82 Å².